The van der Waals surface area contributed by atoms with Crippen molar-refractivity contribution < 1.29 is 4.79 Å². The molecule has 0 saturated carbocycles. The summed E-state index contributed by atoms with van der Waals surface area (Å²) < 4.78 is 0. The minimum atomic E-state index is -0.393. The van der Waals surface area contributed by atoms with Crippen LogP contribution in [0.4, 0.5) is 5.69 Å². The molecule has 2 rings (SSSR count). The van der Waals surface area contributed by atoms with Crippen molar-refractivity contribution in [2.24, 2.45) is 5.73 Å². The van der Waals surface area contributed by atoms with Gasteiger partial charge in [-0.3, -0.25) is 4.79 Å². The maximum atomic E-state index is 11.3. The summed E-state index contributed by atoms with van der Waals surface area (Å²) in [5.41, 5.74) is 8.95. The number of hydrogen-bond acceptors (Lipinski definition) is 3. The van der Waals surface area contributed by atoms with Gasteiger partial charge in [0.05, 0.1) is 0 Å². The summed E-state index contributed by atoms with van der Waals surface area (Å²) in [5.74, 6) is -0.393. The summed E-state index contributed by atoms with van der Waals surface area (Å²) in [6.07, 6.45) is 2.06. The number of amides is 1. The number of anilines is 1. The van der Waals surface area contributed by atoms with Gasteiger partial charge in [-0.2, -0.15) is 0 Å². The van der Waals surface area contributed by atoms with Crippen molar-refractivity contribution in [1.29, 1.82) is 0 Å². The molecule has 0 fully saturated rings. The van der Waals surface area contributed by atoms with Crippen LogP contribution in [0.15, 0.2) is 47.4 Å². The Morgan fingerprint density at radius 1 is 1.20 bits per heavy atom. The Bertz CT molecular complexity index is 608. The lowest BCUT2D eigenvalue weighted by Crippen LogP contribution is -2.13. The van der Waals surface area contributed by atoms with Crippen molar-refractivity contribution in [3.8, 4) is 0 Å². The Labute approximate surface area is 123 Å². The van der Waals surface area contributed by atoms with E-state index in [1.165, 1.54) is 10.5 Å². The molecule has 0 atom stereocenters. The number of carbonyl (C=O) groups is 1. The smallest absolute Gasteiger partial charge is 0.249 e. The molecule has 104 valence electrons. The number of rotatable bonds is 5. The van der Waals surface area contributed by atoms with Gasteiger partial charge < -0.3 is 11.1 Å². The number of nitrogens with two attached hydrogens (primary N) is 1. The summed E-state index contributed by atoms with van der Waals surface area (Å²) in [6.45, 7) is 2.62. The summed E-state index contributed by atoms with van der Waals surface area (Å²) in [4.78, 5) is 12.6. The standard InChI is InChI=1S/C16H18N2OS/c1-11-14(16(17)19)4-3-5-15(11)18-10-12-6-8-13(20-2)9-7-12/h3-9,18H,10H2,1-2H3,(H2,17,19). The van der Waals surface area contributed by atoms with Crippen molar-refractivity contribution in [2.75, 3.05) is 11.6 Å². The van der Waals surface area contributed by atoms with E-state index in [0.29, 0.717) is 5.56 Å². The van der Waals surface area contributed by atoms with E-state index in [4.69, 9.17) is 5.73 Å². The van der Waals surface area contributed by atoms with E-state index < -0.39 is 5.91 Å². The van der Waals surface area contributed by atoms with E-state index in [9.17, 15) is 4.79 Å². The van der Waals surface area contributed by atoms with Gasteiger partial charge in [0.25, 0.3) is 0 Å². The molecular formula is C16H18N2OS. The van der Waals surface area contributed by atoms with Gasteiger partial charge in [-0.1, -0.05) is 18.2 Å². The number of nitrogens with one attached hydrogen (secondary N) is 1. The van der Waals surface area contributed by atoms with Gasteiger partial charge in [0.15, 0.2) is 0 Å². The highest BCUT2D eigenvalue weighted by atomic mass is 32.2. The first-order chi connectivity index (χ1) is 9.61. The van der Waals surface area contributed by atoms with Crippen LogP contribution in [0.5, 0.6) is 0 Å². The van der Waals surface area contributed by atoms with Crippen LogP contribution >= 0.6 is 11.8 Å². The third-order valence-electron chi connectivity index (χ3n) is 3.24. The molecule has 0 bridgehead atoms. The molecule has 0 aliphatic carbocycles. The lowest BCUT2D eigenvalue weighted by atomic mass is 10.1. The fourth-order valence-electron chi connectivity index (χ4n) is 2.03. The first-order valence-corrected chi connectivity index (χ1v) is 7.60. The number of primary amides is 1. The number of hydrogen-bond donors (Lipinski definition) is 2. The zero-order chi connectivity index (χ0) is 14.5. The summed E-state index contributed by atoms with van der Waals surface area (Å²) >= 11 is 1.73. The molecule has 0 radical (unpaired) electrons. The summed E-state index contributed by atoms with van der Waals surface area (Å²) in [6, 6.07) is 14.0. The lowest BCUT2D eigenvalue weighted by Gasteiger charge is -2.12. The average Bonchev–Trinajstić information content (AvgIpc) is 2.46. The van der Waals surface area contributed by atoms with E-state index >= 15 is 0 Å². The Morgan fingerprint density at radius 3 is 2.50 bits per heavy atom. The molecular weight excluding hydrogens is 268 g/mol. The van der Waals surface area contributed by atoms with E-state index in [0.717, 1.165) is 17.8 Å². The van der Waals surface area contributed by atoms with Gasteiger partial charge in [0.2, 0.25) is 5.91 Å². The molecule has 0 aliphatic heterocycles. The molecule has 0 heterocycles. The molecule has 3 N–H and O–H groups in total. The molecule has 0 spiro atoms. The van der Waals surface area contributed by atoms with Crippen LogP contribution in [0.2, 0.25) is 0 Å². The Kier molecular flexibility index (Phi) is 4.69. The fourth-order valence-corrected chi connectivity index (χ4v) is 2.44. The molecule has 2 aromatic rings. The molecule has 4 heteroatoms. The highest BCUT2D eigenvalue weighted by molar-refractivity contribution is 7.98. The average molecular weight is 286 g/mol. The van der Waals surface area contributed by atoms with Gasteiger partial charge in [0.1, 0.15) is 0 Å². The summed E-state index contributed by atoms with van der Waals surface area (Å²) in [5, 5.41) is 3.35. The van der Waals surface area contributed by atoms with Crippen molar-refractivity contribution in [3.63, 3.8) is 0 Å². The van der Waals surface area contributed by atoms with Crippen LogP contribution in [-0.2, 0) is 6.54 Å². The summed E-state index contributed by atoms with van der Waals surface area (Å²) in [7, 11) is 0. The maximum absolute atomic E-state index is 11.3. The molecule has 3 nitrogen and oxygen atoms in total. The van der Waals surface area contributed by atoms with Crippen molar-refractivity contribution in [3.05, 3.63) is 59.2 Å². The molecule has 1 amide bonds. The Balaban J connectivity index is 2.10. The van der Waals surface area contributed by atoms with Crippen LogP contribution in [-0.4, -0.2) is 12.2 Å². The van der Waals surface area contributed by atoms with Crippen LogP contribution in [0.1, 0.15) is 21.5 Å². The maximum Gasteiger partial charge on any atom is 0.249 e. The third kappa shape index (κ3) is 3.33. The van der Waals surface area contributed by atoms with Gasteiger partial charge in [0, 0.05) is 22.7 Å². The Hall–Kier alpha value is -1.94. The first kappa shape index (κ1) is 14.5. The third-order valence-corrected chi connectivity index (χ3v) is 3.98. The normalized spacial score (nSPS) is 10.3. The van der Waals surface area contributed by atoms with Gasteiger partial charge in [-0.25, -0.2) is 0 Å². The van der Waals surface area contributed by atoms with Gasteiger partial charge >= 0.3 is 0 Å². The van der Waals surface area contributed by atoms with Gasteiger partial charge in [-0.05, 0) is 48.6 Å². The van der Waals surface area contributed by atoms with Gasteiger partial charge in [-0.15, -0.1) is 11.8 Å². The molecule has 2 aromatic carbocycles. The second-order valence-corrected chi connectivity index (χ2v) is 5.42. The van der Waals surface area contributed by atoms with Crippen molar-refractivity contribution >= 4 is 23.4 Å². The second-order valence-electron chi connectivity index (χ2n) is 4.54. The molecule has 0 aromatic heterocycles. The Morgan fingerprint density at radius 2 is 1.90 bits per heavy atom. The fraction of sp³-hybridized carbons (Fsp3) is 0.188. The highest BCUT2D eigenvalue weighted by Gasteiger charge is 2.07. The van der Waals surface area contributed by atoms with E-state index in [2.05, 4.69) is 35.8 Å². The predicted octanol–water partition coefficient (Wildman–Crippen LogP) is 3.43. The monoisotopic (exact) mass is 286 g/mol. The quantitative estimate of drug-likeness (QED) is 0.828. The number of carbonyl (C=O) groups excluding carboxylic acids is 1. The minimum absolute atomic E-state index is 0.393. The minimum Gasteiger partial charge on any atom is -0.381 e. The van der Waals surface area contributed by atoms with E-state index in [1.807, 2.05) is 19.1 Å². The first-order valence-electron chi connectivity index (χ1n) is 6.38. The highest BCUT2D eigenvalue weighted by Crippen LogP contribution is 2.20. The molecule has 20 heavy (non-hydrogen) atoms. The topological polar surface area (TPSA) is 55.1 Å². The molecule has 0 saturated heterocycles. The molecule has 0 unspecified atom stereocenters. The van der Waals surface area contributed by atoms with Crippen LogP contribution in [0.3, 0.4) is 0 Å². The predicted molar refractivity (Wildman–Crippen MR) is 85.2 cm³/mol. The SMILES string of the molecule is CSc1ccc(CNc2cccc(C(N)=O)c2C)cc1. The number of benzene rings is 2. The van der Waals surface area contributed by atoms with Crippen molar-refractivity contribution in [1.82, 2.24) is 0 Å². The number of thioether (sulfide) groups is 1. The largest absolute Gasteiger partial charge is 0.381 e. The zero-order valence-electron chi connectivity index (χ0n) is 11.6. The van der Waals surface area contributed by atoms with Crippen molar-refractivity contribution in [2.45, 2.75) is 18.4 Å². The van der Waals surface area contributed by atoms with E-state index in [1.54, 1.807) is 17.8 Å². The lowest BCUT2D eigenvalue weighted by molar-refractivity contribution is 0.1000. The molecule has 0 aliphatic rings. The van der Waals surface area contributed by atoms with Crippen LogP contribution < -0.4 is 11.1 Å². The van der Waals surface area contributed by atoms with Crippen LogP contribution in [0, 0.1) is 6.92 Å². The van der Waals surface area contributed by atoms with E-state index in [-0.39, 0.29) is 0 Å². The van der Waals surface area contributed by atoms with Crippen LogP contribution in [0.25, 0.3) is 0 Å². The second kappa shape index (κ2) is 6.48. The zero-order valence-corrected chi connectivity index (χ0v) is 12.5.